The van der Waals surface area contributed by atoms with Crippen molar-refractivity contribution in [2.75, 3.05) is 0 Å². The van der Waals surface area contributed by atoms with Gasteiger partial charge in [-0.2, -0.15) is 5.10 Å². The van der Waals surface area contributed by atoms with Crippen LogP contribution in [0, 0.1) is 0 Å². The van der Waals surface area contributed by atoms with E-state index in [0.29, 0.717) is 19.6 Å². The first kappa shape index (κ1) is 20.3. The molecular weight excluding hydrogens is 370 g/mol. The van der Waals surface area contributed by atoms with Crippen molar-refractivity contribution in [2.45, 2.75) is 39.4 Å². The molecule has 152 valence electrons. The summed E-state index contributed by atoms with van der Waals surface area (Å²) >= 11 is 0. The van der Waals surface area contributed by atoms with Crippen molar-refractivity contribution in [1.29, 1.82) is 0 Å². The molecule has 3 heterocycles. The molecule has 1 N–H and O–H groups in total. The first-order chi connectivity index (χ1) is 14.1. The molecule has 0 saturated carbocycles. The van der Waals surface area contributed by atoms with E-state index in [4.69, 9.17) is 9.90 Å². The lowest BCUT2D eigenvalue weighted by atomic mass is 10.1. The van der Waals surface area contributed by atoms with Crippen LogP contribution in [0.1, 0.15) is 46.2 Å². The minimum atomic E-state index is -0.250. The van der Waals surface area contributed by atoms with Crippen LogP contribution in [0.2, 0.25) is 0 Å². The van der Waals surface area contributed by atoms with Gasteiger partial charge in [-0.1, -0.05) is 25.5 Å². The molecule has 1 aliphatic rings. The molecule has 8 nitrogen and oxygen atoms in total. The lowest BCUT2D eigenvalue weighted by Gasteiger charge is -2.16. The zero-order valence-electron chi connectivity index (χ0n) is 16.7. The van der Waals surface area contributed by atoms with Crippen molar-refractivity contribution in [2.24, 2.45) is 7.05 Å². The van der Waals surface area contributed by atoms with Crippen molar-refractivity contribution >= 4 is 12.4 Å². The van der Waals surface area contributed by atoms with Gasteiger partial charge in [0.1, 0.15) is 0 Å². The zero-order valence-corrected chi connectivity index (χ0v) is 16.7. The van der Waals surface area contributed by atoms with Gasteiger partial charge in [0, 0.05) is 30.6 Å². The molecule has 0 spiro atoms. The molecule has 0 saturated heterocycles. The number of benzene rings is 1. The fraction of sp³-hybridized carbons (Fsp3) is 0.333. The van der Waals surface area contributed by atoms with Crippen molar-refractivity contribution in [1.82, 2.24) is 24.2 Å². The number of carbonyl (C=O) groups excluding carboxylic acids is 1. The van der Waals surface area contributed by atoms with Gasteiger partial charge in [-0.05, 0) is 24.1 Å². The Hall–Kier alpha value is -3.42. The number of carboxylic acid groups (broad SMARTS) is 1. The molecule has 0 radical (unpaired) electrons. The number of hydrogen-bond donors (Lipinski definition) is 1. The predicted molar refractivity (Wildman–Crippen MR) is 107 cm³/mol. The summed E-state index contributed by atoms with van der Waals surface area (Å²) < 4.78 is 3.90. The summed E-state index contributed by atoms with van der Waals surface area (Å²) in [7, 11) is 1.95. The maximum absolute atomic E-state index is 12.9. The standard InChI is InChI=1S/C20H23N5O.CH2O2/c1-3-4-15-5-7-16(8-6-15)20(26)25-11-17-18(12-24-10-9-21-14-24)22-23(2)19(17)13-25;2-1-3/h5-10,14H,3-4,11-13H2,1-2H3;1H,(H,2,3). The molecule has 0 fully saturated rings. The van der Waals surface area contributed by atoms with Crippen molar-refractivity contribution in [3.63, 3.8) is 0 Å². The number of amides is 1. The number of nitrogens with zero attached hydrogens (tertiary/aromatic N) is 5. The highest BCUT2D eigenvalue weighted by Gasteiger charge is 2.30. The molecule has 3 aromatic rings. The van der Waals surface area contributed by atoms with Crippen LogP contribution >= 0.6 is 0 Å². The van der Waals surface area contributed by atoms with Gasteiger partial charge >= 0.3 is 0 Å². The van der Waals surface area contributed by atoms with Crippen LogP contribution in [0.4, 0.5) is 0 Å². The Bertz CT molecular complexity index is 961. The number of rotatable bonds is 5. The second kappa shape index (κ2) is 9.18. The fourth-order valence-electron chi connectivity index (χ4n) is 3.58. The fourth-order valence-corrected chi connectivity index (χ4v) is 3.58. The second-order valence-electron chi connectivity index (χ2n) is 6.94. The molecular formula is C21H25N5O3. The largest absolute Gasteiger partial charge is 0.483 e. The highest BCUT2D eigenvalue weighted by molar-refractivity contribution is 5.94. The smallest absolute Gasteiger partial charge is 0.290 e. The van der Waals surface area contributed by atoms with E-state index in [1.165, 1.54) is 5.56 Å². The average Bonchev–Trinajstić information content (AvgIpc) is 3.43. The van der Waals surface area contributed by atoms with E-state index in [1.807, 2.05) is 39.5 Å². The van der Waals surface area contributed by atoms with Crippen LogP contribution in [-0.2, 0) is 37.9 Å². The van der Waals surface area contributed by atoms with Crippen molar-refractivity contribution in [3.8, 4) is 0 Å². The molecule has 0 aliphatic carbocycles. The molecule has 1 aliphatic heterocycles. The number of carbonyl (C=O) groups is 2. The van der Waals surface area contributed by atoms with Crippen LogP contribution < -0.4 is 0 Å². The number of aryl methyl sites for hydroxylation is 2. The quantitative estimate of drug-likeness (QED) is 0.670. The topological polar surface area (TPSA) is 93.3 Å². The first-order valence-electron chi connectivity index (χ1n) is 9.52. The van der Waals surface area contributed by atoms with Crippen LogP contribution in [0.15, 0.2) is 43.0 Å². The lowest BCUT2D eigenvalue weighted by Crippen LogP contribution is -2.26. The minimum absolute atomic E-state index is 0.0813. The third-order valence-corrected chi connectivity index (χ3v) is 4.97. The van der Waals surface area contributed by atoms with Gasteiger partial charge in [-0.25, -0.2) is 4.98 Å². The van der Waals surface area contributed by atoms with E-state index in [9.17, 15) is 4.79 Å². The summed E-state index contributed by atoms with van der Waals surface area (Å²) in [6.45, 7) is 3.81. The summed E-state index contributed by atoms with van der Waals surface area (Å²) in [6, 6.07) is 8.01. The van der Waals surface area contributed by atoms with Gasteiger partial charge in [0.2, 0.25) is 0 Å². The molecule has 8 heteroatoms. The molecule has 1 amide bonds. The molecule has 2 aromatic heterocycles. The maximum atomic E-state index is 12.9. The van der Waals surface area contributed by atoms with Crippen molar-refractivity contribution in [3.05, 3.63) is 71.1 Å². The molecule has 29 heavy (non-hydrogen) atoms. The molecule has 0 atom stereocenters. The second-order valence-corrected chi connectivity index (χ2v) is 6.94. The Morgan fingerprint density at radius 2 is 1.97 bits per heavy atom. The highest BCUT2D eigenvalue weighted by Crippen LogP contribution is 2.27. The minimum Gasteiger partial charge on any atom is -0.483 e. The molecule has 0 unspecified atom stereocenters. The Morgan fingerprint density at radius 3 is 2.59 bits per heavy atom. The lowest BCUT2D eigenvalue weighted by molar-refractivity contribution is -0.122. The van der Waals surface area contributed by atoms with E-state index in [1.54, 1.807) is 12.5 Å². The highest BCUT2D eigenvalue weighted by atomic mass is 16.3. The SMILES string of the molecule is CCCc1ccc(C(=O)N2Cc3c(Cn4ccnc4)nn(C)c3C2)cc1.O=CO. The van der Waals surface area contributed by atoms with Gasteiger partial charge in [0.25, 0.3) is 12.4 Å². The maximum Gasteiger partial charge on any atom is 0.290 e. The van der Waals surface area contributed by atoms with Gasteiger partial charge in [-0.15, -0.1) is 0 Å². The predicted octanol–water partition coefficient (Wildman–Crippen LogP) is 2.47. The summed E-state index contributed by atoms with van der Waals surface area (Å²) in [5.74, 6) is 0.0813. The van der Waals surface area contributed by atoms with E-state index < -0.39 is 0 Å². The number of aromatic nitrogens is 4. The van der Waals surface area contributed by atoms with Crippen molar-refractivity contribution < 1.29 is 14.7 Å². The Labute approximate surface area is 169 Å². The third kappa shape index (κ3) is 4.53. The number of imidazole rings is 1. The molecule has 0 bridgehead atoms. The van der Waals surface area contributed by atoms with Gasteiger partial charge in [0.05, 0.1) is 37.3 Å². The Morgan fingerprint density at radius 1 is 1.24 bits per heavy atom. The van der Waals surface area contributed by atoms with Gasteiger partial charge < -0.3 is 14.6 Å². The van der Waals surface area contributed by atoms with E-state index in [2.05, 4.69) is 29.1 Å². The number of fused-ring (bicyclic) bond motifs is 1. The molecule has 1 aromatic carbocycles. The van der Waals surface area contributed by atoms with Gasteiger partial charge in [0.15, 0.2) is 0 Å². The van der Waals surface area contributed by atoms with Crippen LogP contribution in [-0.4, -0.2) is 41.7 Å². The van der Waals surface area contributed by atoms with Gasteiger partial charge in [-0.3, -0.25) is 14.3 Å². The third-order valence-electron chi connectivity index (χ3n) is 4.97. The van der Waals surface area contributed by atoms with Crippen LogP contribution in [0.25, 0.3) is 0 Å². The number of hydrogen-bond acceptors (Lipinski definition) is 4. The summed E-state index contributed by atoms with van der Waals surface area (Å²) in [6.07, 6.45) is 7.64. The normalized spacial score (nSPS) is 12.3. The summed E-state index contributed by atoms with van der Waals surface area (Å²) in [5.41, 5.74) is 5.32. The Kier molecular flexibility index (Phi) is 6.43. The van der Waals surface area contributed by atoms with Crippen LogP contribution in [0.3, 0.4) is 0 Å². The van der Waals surface area contributed by atoms with E-state index in [-0.39, 0.29) is 12.4 Å². The van der Waals surface area contributed by atoms with Crippen LogP contribution in [0.5, 0.6) is 0 Å². The molecule has 4 rings (SSSR count). The van der Waals surface area contributed by atoms with E-state index >= 15 is 0 Å². The summed E-state index contributed by atoms with van der Waals surface area (Å²) in [5, 5.41) is 11.5. The first-order valence-corrected chi connectivity index (χ1v) is 9.52. The van der Waals surface area contributed by atoms with E-state index in [0.717, 1.165) is 35.4 Å². The Balaban J connectivity index is 0.000000755. The average molecular weight is 395 g/mol. The zero-order chi connectivity index (χ0) is 20.8. The monoisotopic (exact) mass is 395 g/mol. The summed E-state index contributed by atoms with van der Waals surface area (Å²) in [4.78, 5) is 27.3.